The molecular weight excluding hydrogens is 277 g/mol. The molecule has 6 nitrogen and oxygen atoms in total. The summed E-state index contributed by atoms with van der Waals surface area (Å²) in [6.07, 6.45) is 0.534. The highest BCUT2D eigenvalue weighted by Gasteiger charge is 2.33. The van der Waals surface area contributed by atoms with Gasteiger partial charge in [0, 0.05) is 11.1 Å². The SMILES string of the molecule is CCC1NCC(=O)N(Cc2cc(C(N)=O)ccc2F)C1=O. The number of nitrogens with one attached hydrogen (secondary N) is 1. The van der Waals surface area contributed by atoms with Crippen LogP contribution < -0.4 is 11.1 Å². The fourth-order valence-corrected chi connectivity index (χ4v) is 2.21. The van der Waals surface area contributed by atoms with E-state index in [4.69, 9.17) is 5.73 Å². The van der Waals surface area contributed by atoms with Gasteiger partial charge in [-0.15, -0.1) is 0 Å². The summed E-state index contributed by atoms with van der Waals surface area (Å²) in [6, 6.07) is 3.17. The predicted octanol–water partition coefficient (Wildman–Crippen LogP) is 0.162. The quantitative estimate of drug-likeness (QED) is 0.774. The highest BCUT2D eigenvalue weighted by Crippen LogP contribution is 2.16. The highest BCUT2D eigenvalue weighted by molar-refractivity contribution is 6.01. The van der Waals surface area contributed by atoms with Crippen LogP contribution in [0.4, 0.5) is 4.39 Å². The van der Waals surface area contributed by atoms with E-state index >= 15 is 0 Å². The first-order valence-corrected chi connectivity index (χ1v) is 6.59. The third-order valence-electron chi connectivity index (χ3n) is 3.43. The first-order chi connectivity index (χ1) is 9.93. The summed E-state index contributed by atoms with van der Waals surface area (Å²) in [7, 11) is 0. The predicted molar refractivity (Wildman–Crippen MR) is 72.6 cm³/mol. The summed E-state index contributed by atoms with van der Waals surface area (Å²) < 4.78 is 13.8. The Balaban J connectivity index is 2.27. The van der Waals surface area contributed by atoms with E-state index in [1.54, 1.807) is 0 Å². The van der Waals surface area contributed by atoms with Crippen LogP contribution in [0, 0.1) is 5.82 Å². The average Bonchev–Trinajstić information content (AvgIpc) is 2.45. The van der Waals surface area contributed by atoms with Crippen molar-refractivity contribution in [3.8, 4) is 0 Å². The molecule has 7 heteroatoms. The van der Waals surface area contributed by atoms with Crippen molar-refractivity contribution in [2.75, 3.05) is 6.54 Å². The Hall–Kier alpha value is -2.28. The lowest BCUT2D eigenvalue weighted by Gasteiger charge is -2.31. The zero-order valence-corrected chi connectivity index (χ0v) is 11.6. The fraction of sp³-hybridized carbons (Fsp3) is 0.357. The molecule has 0 aromatic heterocycles. The first kappa shape index (κ1) is 15.1. The Kier molecular flexibility index (Phi) is 4.32. The Labute approximate surface area is 121 Å². The molecule has 1 aliphatic rings. The van der Waals surface area contributed by atoms with E-state index in [9.17, 15) is 18.8 Å². The van der Waals surface area contributed by atoms with Crippen molar-refractivity contribution in [3.63, 3.8) is 0 Å². The van der Waals surface area contributed by atoms with Gasteiger partial charge in [0.15, 0.2) is 0 Å². The van der Waals surface area contributed by atoms with Crippen LogP contribution in [0.5, 0.6) is 0 Å². The number of hydrogen-bond donors (Lipinski definition) is 2. The maximum atomic E-state index is 13.8. The number of carbonyl (C=O) groups is 3. The van der Waals surface area contributed by atoms with Gasteiger partial charge in [-0.3, -0.25) is 24.6 Å². The lowest BCUT2D eigenvalue weighted by atomic mass is 10.1. The molecule has 0 radical (unpaired) electrons. The van der Waals surface area contributed by atoms with E-state index in [2.05, 4.69) is 5.32 Å². The second-order valence-corrected chi connectivity index (χ2v) is 4.83. The van der Waals surface area contributed by atoms with Crippen molar-refractivity contribution < 1.29 is 18.8 Å². The summed E-state index contributed by atoms with van der Waals surface area (Å²) >= 11 is 0. The van der Waals surface area contributed by atoms with E-state index in [0.29, 0.717) is 6.42 Å². The molecule has 1 atom stereocenters. The van der Waals surface area contributed by atoms with Crippen molar-refractivity contribution in [1.82, 2.24) is 10.2 Å². The van der Waals surface area contributed by atoms with Crippen molar-refractivity contribution >= 4 is 17.7 Å². The normalized spacial score (nSPS) is 19.0. The number of benzene rings is 1. The van der Waals surface area contributed by atoms with Crippen LogP contribution in [0.25, 0.3) is 0 Å². The van der Waals surface area contributed by atoms with Crippen LogP contribution in [0.1, 0.15) is 29.3 Å². The minimum Gasteiger partial charge on any atom is -0.366 e. The van der Waals surface area contributed by atoms with Gasteiger partial charge in [0.05, 0.1) is 19.1 Å². The molecule has 1 saturated heterocycles. The van der Waals surface area contributed by atoms with Gasteiger partial charge in [0.1, 0.15) is 5.82 Å². The van der Waals surface area contributed by atoms with Gasteiger partial charge in [-0.1, -0.05) is 6.92 Å². The topological polar surface area (TPSA) is 92.5 Å². The van der Waals surface area contributed by atoms with E-state index in [-0.39, 0.29) is 24.2 Å². The summed E-state index contributed by atoms with van der Waals surface area (Å²) in [6.45, 7) is 1.64. The number of imide groups is 1. The lowest BCUT2D eigenvalue weighted by molar-refractivity contribution is -0.150. The van der Waals surface area contributed by atoms with Crippen LogP contribution in [-0.4, -0.2) is 35.2 Å². The van der Waals surface area contributed by atoms with Crippen LogP contribution >= 0.6 is 0 Å². The number of hydrogen-bond acceptors (Lipinski definition) is 4. The van der Waals surface area contributed by atoms with Crippen LogP contribution in [0.3, 0.4) is 0 Å². The summed E-state index contributed by atoms with van der Waals surface area (Å²) in [5, 5.41) is 2.82. The molecule has 1 aromatic rings. The van der Waals surface area contributed by atoms with Gasteiger partial charge in [0.25, 0.3) is 0 Å². The molecule has 3 N–H and O–H groups in total. The molecule has 2 rings (SSSR count). The number of rotatable bonds is 4. The highest BCUT2D eigenvalue weighted by atomic mass is 19.1. The van der Waals surface area contributed by atoms with Crippen molar-refractivity contribution in [2.24, 2.45) is 5.73 Å². The first-order valence-electron chi connectivity index (χ1n) is 6.59. The lowest BCUT2D eigenvalue weighted by Crippen LogP contribution is -2.57. The number of nitrogens with zero attached hydrogens (tertiary/aromatic N) is 1. The molecular formula is C14H16FN3O3. The third kappa shape index (κ3) is 3.08. The number of amides is 3. The Bertz CT molecular complexity index is 603. The number of carbonyl (C=O) groups excluding carboxylic acids is 3. The Morgan fingerprint density at radius 2 is 2.19 bits per heavy atom. The molecule has 0 bridgehead atoms. The van der Waals surface area contributed by atoms with Gasteiger partial charge in [-0.25, -0.2) is 4.39 Å². The molecule has 1 aromatic carbocycles. The van der Waals surface area contributed by atoms with Gasteiger partial charge in [-0.2, -0.15) is 0 Å². The Morgan fingerprint density at radius 1 is 1.48 bits per heavy atom. The standard InChI is InChI=1S/C14H16FN3O3/c1-2-11-14(21)18(12(19)6-17-11)7-9-5-8(13(16)20)3-4-10(9)15/h3-5,11,17H,2,6-7H2,1H3,(H2,16,20). The van der Waals surface area contributed by atoms with Crippen LogP contribution in [-0.2, 0) is 16.1 Å². The molecule has 1 fully saturated rings. The number of nitrogens with two attached hydrogens (primary N) is 1. The maximum absolute atomic E-state index is 13.8. The Morgan fingerprint density at radius 3 is 2.81 bits per heavy atom. The average molecular weight is 293 g/mol. The van der Waals surface area contributed by atoms with Crippen molar-refractivity contribution in [1.29, 1.82) is 0 Å². The largest absolute Gasteiger partial charge is 0.366 e. The zero-order valence-electron chi connectivity index (χ0n) is 11.6. The molecule has 0 spiro atoms. The van der Waals surface area contributed by atoms with E-state index in [1.807, 2.05) is 6.92 Å². The monoisotopic (exact) mass is 293 g/mol. The molecule has 1 heterocycles. The molecule has 112 valence electrons. The number of piperazine rings is 1. The minimum absolute atomic E-state index is 0.0291. The minimum atomic E-state index is -0.694. The second kappa shape index (κ2) is 6.01. The van der Waals surface area contributed by atoms with Crippen LogP contribution in [0.2, 0.25) is 0 Å². The third-order valence-corrected chi connectivity index (χ3v) is 3.43. The maximum Gasteiger partial charge on any atom is 0.248 e. The van der Waals surface area contributed by atoms with Gasteiger partial charge < -0.3 is 5.73 Å². The van der Waals surface area contributed by atoms with Crippen LogP contribution in [0.15, 0.2) is 18.2 Å². The molecule has 3 amide bonds. The zero-order chi connectivity index (χ0) is 15.6. The summed E-state index contributed by atoms with van der Waals surface area (Å²) in [5.74, 6) is -2.10. The molecule has 1 aliphatic heterocycles. The number of primary amides is 1. The van der Waals surface area contributed by atoms with E-state index in [0.717, 1.165) is 11.0 Å². The van der Waals surface area contributed by atoms with E-state index in [1.165, 1.54) is 12.1 Å². The van der Waals surface area contributed by atoms with Crippen molar-refractivity contribution in [2.45, 2.75) is 25.9 Å². The number of halogens is 1. The summed E-state index contributed by atoms with van der Waals surface area (Å²) in [4.78, 5) is 36.1. The van der Waals surface area contributed by atoms with E-state index < -0.39 is 29.6 Å². The van der Waals surface area contributed by atoms with Gasteiger partial charge in [0.2, 0.25) is 17.7 Å². The van der Waals surface area contributed by atoms with Gasteiger partial charge >= 0.3 is 0 Å². The molecule has 0 aliphatic carbocycles. The van der Waals surface area contributed by atoms with Crippen molar-refractivity contribution in [3.05, 3.63) is 35.1 Å². The van der Waals surface area contributed by atoms with Gasteiger partial charge in [-0.05, 0) is 24.6 Å². The summed E-state index contributed by atoms with van der Waals surface area (Å²) in [5.41, 5.74) is 5.37. The molecule has 1 unspecified atom stereocenters. The second-order valence-electron chi connectivity index (χ2n) is 4.83. The fourth-order valence-electron chi connectivity index (χ4n) is 2.21. The smallest absolute Gasteiger partial charge is 0.248 e. The molecule has 0 saturated carbocycles. The molecule has 21 heavy (non-hydrogen) atoms.